The number of amides is 2. The van der Waals surface area contributed by atoms with Gasteiger partial charge in [0.15, 0.2) is 0 Å². The minimum Gasteiger partial charge on any atom is -0.462 e. The van der Waals surface area contributed by atoms with Crippen molar-refractivity contribution < 1.29 is 19.1 Å². The fourth-order valence-electron chi connectivity index (χ4n) is 3.16. The van der Waals surface area contributed by atoms with E-state index in [9.17, 15) is 19.2 Å². The minimum atomic E-state index is -0.637. The Kier molecular flexibility index (Phi) is 6.50. The summed E-state index contributed by atoms with van der Waals surface area (Å²) < 4.78 is 6.35. The zero-order chi connectivity index (χ0) is 22.7. The van der Waals surface area contributed by atoms with Gasteiger partial charge in [-0.25, -0.2) is 9.78 Å². The van der Waals surface area contributed by atoms with Crippen molar-refractivity contribution in [1.29, 1.82) is 0 Å². The van der Waals surface area contributed by atoms with Crippen molar-refractivity contribution in [3.63, 3.8) is 0 Å². The molecule has 0 aliphatic heterocycles. The summed E-state index contributed by atoms with van der Waals surface area (Å²) in [5, 5.41) is 5.76. The van der Waals surface area contributed by atoms with E-state index >= 15 is 0 Å². The molecular weight excluding hydrogens is 420 g/mol. The van der Waals surface area contributed by atoms with Crippen molar-refractivity contribution in [2.45, 2.75) is 27.3 Å². The molecule has 2 N–H and O–H groups in total. The van der Waals surface area contributed by atoms with Gasteiger partial charge >= 0.3 is 5.97 Å². The number of ether oxygens (including phenoxy) is 1. The Morgan fingerprint density at radius 3 is 2.58 bits per heavy atom. The number of rotatable bonds is 6. The standard InChI is InChI=1S/C21H22N4O5S/c1-5-30-21(29)16-11(2)17(18(27)22-4)31-19(16)24-15(26)10-25-12(3)23-14-9-7-6-8-13(14)20(25)28/h6-9H,5,10H2,1-4H3,(H,22,27)(H,24,26). The van der Waals surface area contributed by atoms with Gasteiger partial charge in [-0.05, 0) is 38.5 Å². The Bertz CT molecular complexity index is 1240. The van der Waals surface area contributed by atoms with E-state index in [0.717, 1.165) is 11.3 Å². The molecule has 2 heterocycles. The van der Waals surface area contributed by atoms with Crippen LogP contribution >= 0.6 is 11.3 Å². The Hall–Kier alpha value is -3.53. The molecule has 0 atom stereocenters. The smallest absolute Gasteiger partial charge is 0.341 e. The third-order valence-electron chi connectivity index (χ3n) is 4.67. The number of thiophene rings is 1. The largest absolute Gasteiger partial charge is 0.462 e. The summed E-state index contributed by atoms with van der Waals surface area (Å²) in [6, 6.07) is 6.89. The molecule has 0 aliphatic rings. The average Bonchev–Trinajstić information content (AvgIpc) is 3.06. The van der Waals surface area contributed by atoms with Crippen LogP contribution < -0.4 is 16.2 Å². The summed E-state index contributed by atoms with van der Waals surface area (Å²) in [6.07, 6.45) is 0. The van der Waals surface area contributed by atoms with Crippen LogP contribution in [0.3, 0.4) is 0 Å². The second kappa shape index (κ2) is 9.09. The summed E-state index contributed by atoms with van der Waals surface area (Å²) in [7, 11) is 1.48. The number of nitrogens with one attached hydrogen (secondary N) is 2. The summed E-state index contributed by atoms with van der Waals surface area (Å²) in [6.45, 7) is 4.78. The molecule has 10 heteroatoms. The predicted molar refractivity (Wildman–Crippen MR) is 118 cm³/mol. The molecule has 0 unspecified atom stereocenters. The monoisotopic (exact) mass is 442 g/mol. The highest BCUT2D eigenvalue weighted by atomic mass is 32.1. The maximum absolute atomic E-state index is 12.8. The van der Waals surface area contributed by atoms with Gasteiger partial charge in [0, 0.05) is 7.05 Å². The number of esters is 1. The number of aromatic nitrogens is 2. The van der Waals surface area contributed by atoms with E-state index in [4.69, 9.17) is 4.74 Å². The number of para-hydroxylation sites is 1. The van der Waals surface area contributed by atoms with Crippen LogP contribution in [0.25, 0.3) is 10.9 Å². The predicted octanol–water partition coefficient (Wildman–Crippen LogP) is 2.25. The number of benzene rings is 1. The first-order valence-corrected chi connectivity index (χ1v) is 10.4. The van der Waals surface area contributed by atoms with Crippen LogP contribution in [0.4, 0.5) is 5.00 Å². The first-order chi connectivity index (χ1) is 14.8. The summed E-state index contributed by atoms with van der Waals surface area (Å²) >= 11 is 0.975. The molecule has 31 heavy (non-hydrogen) atoms. The van der Waals surface area contributed by atoms with Crippen LogP contribution in [-0.4, -0.2) is 41.0 Å². The number of fused-ring (bicyclic) bond motifs is 1. The Labute approximate surface area is 182 Å². The van der Waals surface area contributed by atoms with E-state index in [1.54, 1.807) is 45.0 Å². The van der Waals surface area contributed by atoms with Crippen LogP contribution in [0.15, 0.2) is 29.1 Å². The molecule has 2 aromatic heterocycles. The molecular formula is C21H22N4O5S. The second-order valence-corrected chi connectivity index (χ2v) is 7.70. The van der Waals surface area contributed by atoms with Crippen molar-refractivity contribution >= 4 is 45.0 Å². The second-order valence-electron chi connectivity index (χ2n) is 6.68. The van der Waals surface area contributed by atoms with Gasteiger partial charge in [0.05, 0.1) is 28.0 Å². The topological polar surface area (TPSA) is 119 Å². The van der Waals surface area contributed by atoms with Gasteiger partial charge in [-0.1, -0.05) is 12.1 Å². The number of aryl methyl sites for hydroxylation is 1. The zero-order valence-corrected chi connectivity index (χ0v) is 18.4. The van der Waals surface area contributed by atoms with Crippen LogP contribution in [0.2, 0.25) is 0 Å². The molecule has 162 valence electrons. The lowest BCUT2D eigenvalue weighted by molar-refractivity contribution is -0.116. The Morgan fingerprint density at radius 2 is 1.90 bits per heavy atom. The summed E-state index contributed by atoms with van der Waals surface area (Å²) in [5.74, 6) is -1.16. The van der Waals surface area contributed by atoms with Crippen molar-refractivity contribution in [3.05, 3.63) is 56.4 Å². The molecule has 9 nitrogen and oxygen atoms in total. The lowest BCUT2D eigenvalue weighted by Gasteiger charge is -2.11. The fourth-order valence-corrected chi connectivity index (χ4v) is 4.31. The Morgan fingerprint density at radius 1 is 1.19 bits per heavy atom. The summed E-state index contributed by atoms with van der Waals surface area (Å²) in [4.78, 5) is 54.8. The SMILES string of the molecule is CCOC(=O)c1c(NC(=O)Cn2c(C)nc3ccccc3c2=O)sc(C(=O)NC)c1C. The van der Waals surface area contributed by atoms with Crippen molar-refractivity contribution in [3.8, 4) is 0 Å². The molecule has 0 spiro atoms. The van der Waals surface area contributed by atoms with Gasteiger partial charge in [0.25, 0.3) is 11.5 Å². The van der Waals surface area contributed by atoms with Gasteiger partial charge < -0.3 is 15.4 Å². The number of hydrogen-bond acceptors (Lipinski definition) is 7. The molecule has 3 aromatic rings. The number of carbonyl (C=O) groups is 3. The molecule has 0 saturated carbocycles. The van der Waals surface area contributed by atoms with Crippen LogP contribution in [-0.2, 0) is 16.1 Å². The minimum absolute atomic E-state index is 0.125. The number of hydrogen-bond donors (Lipinski definition) is 2. The number of nitrogens with zero attached hydrogens (tertiary/aromatic N) is 2. The maximum atomic E-state index is 12.8. The fraction of sp³-hybridized carbons (Fsp3) is 0.286. The Balaban J connectivity index is 1.95. The molecule has 0 radical (unpaired) electrons. The molecule has 1 aromatic carbocycles. The lowest BCUT2D eigenvalue weighted by atomic mass is 10.1. The van der Waals surface area contributed by atoms with E-state index in [2.05, 4.69) is 15.6 Å². The molecule has 0 fully saturated rings. The zero-order valence-electron chi connectivity index (χ0n) is 17.6. The van der Waals surface area contributed by atoms with E-state index in [0.29, 0.717) is 27.2 Å². The van der Waals surface area contributed by atoms with E-state index in [-0.39, 0.29) is 35.2 Å². The third-order valence-corrected chi connectivity index (χ3v) is 5.87. The lowest BCUT2D eigenvalue weighted by Crippen LogP contribution is -2.30. The highest BCUT2D eigenvalue weighted by molar-refractivity contribution is 7.18. The van der Waals surface area contributed by atoms with Crippen molar-refractivity contribution in [1.82, 2.24) is 14.9 Å². The molecule has 0 aliphatic carbocycles. The molecule has 0 bridgehead atoms. The average molecular weight is 442 g/mol. The normalized spacial score (nSPS) is 10.7. The van der Waals surface area contributed by atoms with Crippen LogP contribution in [0, 0.1) is 13.8 Å². The van der Waals surface area contributed by atoms with Crippen molar-refractivity contribution in [2.75, 3.05) is 19.0 Å². The third kappa shape index (κ3) is 4.33. The first-order valence-electron chi connectivity index (χ1n) is 9.57. The van der Waals surface area contributed by atoms with Gasteiger partial charge in [0.2, 0.25) is 5.91 Å². The first kappa shape index (κ1) is 22.2. The molecule has 3 rings (SSSR count). The van der Waals surface area contributed by atoms with E-state index < -0.39 is 11.9 Å². The number of carbonyl (C=O) groups excluding carboxylic acids is 3. The van der Waals surface area contributed by atoms with E-state index in [1.807, 2.05) is 0 Å². The van der Waals surface area contributed by atoms with Gasteiger partial charge in [-0.15, -0.1) is 11.3 Å². The van der Waals surface area contributed by atoms with Crippen LogP contribution in [0.5, 0.6) is 0 Å². The molecule has 0 saturated heterocycles. The maximum Gasteiger partial charge on any atom is 0.341 e. The van der Waals surface area contributed by atoms with Gasteiger partial charge in [-0.2, -0.15) is 0 Å². The highest BCUT2D eigenvalue weighted by Gasteiger charge is 2.26. The van der Waals surface area contributed by atoms with Crippen molar-refractivity contribution in [2.24, 2.45) is 0 Å². The van der Waals surface area contributed by atoms with E-state index in [1.165, 1.54) is 11.6 Å². The van der Waals surface area contributed by atoms with Gasteiger partial charge in [0.1, 0.15) is 17.4 Å². The quantitative estimate of drug-likeness (QED) is 0.565. The highest BCUT2D eigenvalue weighted by Crippen LogP contribution is 2.33. The van der Waals surface area contributed by atoms with Gasteiger partial charge in [-0.3, -0.25) is 19.0 Å². The number of anilines is 1. The van der Waals surface area contributed by atoms with Crippen LogP contribution in [0.1, 0.15) is 38.3 Å². The summed E-state index contributed by atoms with van der Waals surface area (Å²) in [5.41, 5.74) is 0.756. The molecule has 2 amide bonds.